The first-order valence-electron chi connectivity index (χ1n) is 13.5. The molecule has 1 unspecified atom stereocenters. The maximum atomic E-state index is 14.9. The van der Waals surface area contributed by atoms with Crippen molar-refractivity contribution in [2.75, 3.05) is 37.6 Å². The number of aromatic amines is 1. The Morgan fingerprint density at radius 3 is 2.63 bits per heavy atom. The minimum Gasteiger partial charge on any atom is -0.478 e. The fraction of sp³-hybridized carbons (Fsp3) is 0.290. The van der Waals surface area contributed by atoms with Crippen molar-refractivity contribution in [1.82, 2.24) is 14.9 Å². The Kier molecular flexibility index (Phi) is 7.40. The van der Waals surface area contributed by atoms with E-state index in [0.717, 1.165) is 22.2 Å². The Balaban J connectivity index is 1.12. The van der Waals surface area contributed by atoms with Crippen LogP contribution in [0.5, 0.6) is 11.5 Å². The van der Waals surface area contributed by atoms with Crippen molar-refractivity contribution in [1.29, 1.82) is 0 Å². The minimum absolute atomic E-state index is 0.0469. The lowest BCUT2D eigenvalue weighted by molar-refractivity contribution is -0.0678. The van der Waals surface area contributed by atoms with Crippen LogP contribution < -0.4 is 9.64 Å². The number of carboxylic acids is 1. The Morgan fingerprint density at radius 2 is 1.88 bits per heavy atom. The van der Waals surface area contributed by atoms with Crippen molar-refractivity contribution < 1.29 is 23.4 Å². The molecule has 6 rings (SSSR count). The number of aromatic nitrogens is 2. The molecule has 1 aliphatic carbocycles. The molecule has 2 N–H and O–H groups in total. The number of hydrogen-bond donors (Lipinski definition) is 2. The van der Waals surface area contributed by atoms with Crippen LogP contribution in [0.4, 0.5) is 14.5 Å². The highest BCUT2D eigenvalue weighted by Gasteiger charge is 2.42. The third-order valence-electron chi connectivity index (χ3n) is 7.91. The highest BCUT2D eigenvalue weighted by molar-refractivity contribution is 6.30. The number of carbonyl (C=O) groups is 1. The number of hydrogen-bond acceptors (Lipinski definition) is 5. The van der Waals surface area contributed by atoms with Crippen LogP contribution in [-0.4, -0.2) is 64.6 Å². The summed E-state index contributed by atoms with van der Waals surface area (Å²) >= 11 is 6.00. The summed E-state index contributed by atoms with van der Waals surface area (Å²) in [5.41, 5.74) is 3.45. The van der Waals surface area contributed by atoms with E-state index in [0.29, 0.717) is 55.6 Å². The number of fused-ring (bicyclic) bond motifs is 1. The van der Waals surface area contributed by atoms with Crippen LogP contribution in [-0.2, 0) is 0 Å². The van der Waals surface area contributed by atoms with Gasteiger partial charge in [-0.3, -0.25) is 4.90 Å². The SMILES string of the molecule is O=C(O)c1ccc(N2CCN(CC3CC(c4ccc(Cl)cc4)=CCC3(F)F)CC2)cc1Oc1cnc2[nH]ccc2c1. The first-order valence-corrected chi connectivity index (χ1v) is 13.9. The van der Waals surface area contributed by atoms with Gasteiger partial charge in [-0.2, -0.15) is 0 Å². The summed E-state index contributed by atoms with van der Waals surface area (Å²) in [4.78, 5) is 23.4. The number of benzene rings is 2. The van der Waals surface area contributed by atoms with Crippen molar-refractivity contribution in [3.8, 4) is 11.5 Å². The molecule has 4 aromatic rings. The number of piperazine rings is 1. The first-order chi connectivity index (χ1) is 19.7. The van der Waals surface area contributed by atoms with Crippen molar-refractivity contribution in [2.45, 2.75) is 18.8 Å². The zero-order valence-corrected chi connectivity index (χ0v) is 23.0. The lowest BCUT2D eigenvalue weighted by Gasteiger charge is -2.40. The number of pyridine rings is 1. The average molecular weight is 579 g/mol. The number of alkyl halides is 2. The lowest BCUT2D eigenvalue weighted by Crippen LogP contribution is -2.50. The summed E-state index contributed by atoms with van der Waals surface area (Å²) in [6.45, 7) is 2.81. The molecule has 41 heavy (non-hydrogen) atoms. The summed E-state index contributed by atoms with van der Waals surface area (Å²) in [5.74, 6) is -3.97. The van der Waals surface area contributed by atoms with Crippen LogP contribution in [0, 0.1) is 5.92 Å². The zero-order valence-electron chi connectivity index (χ0n) is 22.2. The van der Waals surface area contributed by atoms with Gasteiger partial charge in [-0.1, -0.05) is 29.8 Å². The summed E-state index contributed by atoms with van der Waals surface area (Å²) in [7, 11) is 0. The quantitative estimate of drug-likeness (QED) is 0.247. The molecule has 1 atom stereocenters. The van der Waals surface area contributed by atoms with Crippen molar-refractivity contribution >= 4 is 39.9 Å². The normalized spacial score (nSPS) is 19.2. The third-order valence-corrected chi connectivity index (χ3v) is 8.17. The Labute approximate surface area is 241 Å². The molecular formula is C31H29ClF2N4O3. The highest BCUT2D eigenvalue weighted by atomic mass is 35.5. The molecule has 2 aromatic carbocycles. The van der Waals surface area contributed by atoms with Crippen molar-refractivity contribution in [2.24, 2.45) is 5.92 Å². The lowest BCUT2D eigenvalue weighted by atomic mass is 9.82. The monoisotopic (exact) mass is 578 g/mol. The van der Waals surface area contributed by atoms with Gasteiger partial charge in [-0.05, 0) is 54.0 Å². The number of H-pyrrole nitrogens is 1. The van der Waals surface area contributed by atoms with Crippen LogP contribution in [0.15, 0.2) is 73.1 Å². The molecule has 7 nitrogen and oxygen atoms in total. The minimum atomic E-state index is -2.76. The van der Waals surface area contributed by atoms with Gasteiger partial charge in [-0.25, -0.2) is 18.6 Å². The van der Waals surface area contributed by atoms with Gasteiger partial charge in [0.15, 0.2) is 0 Å². The van der Waals surface area contributed by atoms with E-state index in [1.54, 1.807) is 48.8 Å². The molecule has 0 bridgehead atoms. The largest absolute Gasteiger partial charge is 0.478 e. The molecule has 2 aromatic heterocycles. The van der Waals surface area contributed by atoms with Crippen LogP contribution in [0.2, 0.25) is 5.02 Å². The van der Waals surface area contributed by atoms with Gasteiger partial charge in [0.05, 0.1) is 6.20 Å². The van der Waals surface area contributed by atoms with E-state index in [1.807, 2.05) is 18.2 Å². The highest BCUT2D eigenvalue weighted by Crippen LogP contribution is 2.42. The smallest absolute Gasteiger partial charge is 0.339 e. The molecule has 0 radical (unpaired) electrons. The summed E-state index contributed by atoms with van der Waals surface area (Å²) in [5, 5.41) is 11.2. The fourth-order valence-corrected chi connectivity index (χ4v) is 5.72. The number of nitrogens with one attached hydrogen (secondary N) is 1. The maximum absolute atomic E-state index is 14.9. The fourth-order valence-electron chi connectivity index (χ4n) is 5.59. The van der Waals surface area contributed by atoms with Gasteiger partial charge in [0.2, 0.25) is 0 Å². The van der Waals surface area contributed by atoms with E-state index in [1.165, 1.54) is 6.07 Å². The second kappa shape index (κ2) is 11.1. The van der Waals surface area contributed by atoms with Gasteiger partial charge >= 0.3 is 5.97 Å². The topological polar surface area (TPSA) is 81.7 Å². The number of ether oxygens (including phenoxy) is 1. The molecule has 3 heterocycles. The van der Waals surface area contributed by atoms with Crippen LogP contribution in [0.3, 0.4) is 0 Å². The number of nitrogens with zero attached hydrogens (tertiary/aromatic N) is 3. The van der Waals surface area contributed by atoms with Crippen molar-refractivity contribution in [3.05, 3.63) is 89.2 Å². The van der Waals surface area contributed by atoms with E-state index in [9.17, 15) is 18.7 Å². The van der Waals surface area contributed by atoms with Gasteiger partial charge in [0, 0.05) is 73.4 Å². The Morgan fingerprint density at radius 1 is 1.10 bits per heavy atom. The molecule has 2 aliphatic rings. The molecular weight excluding hydrogens is 550 g/mol. The summed E-state index contributed by atoms with van der Waals surface area (Å²) in [6, 6.07) is 16.0. The van der Waals surface area contributed by atoms with Gasteiger partial charge in [-0.15, -0.1) is 0 Å². The van der Waals surface area contributed by atoms with E-state index in [4.69, 9.17) is 16.3 Å². The second-order valence-electron chi connectivity index (χ2n) is 10.6. The number of aromatic carboxylic acids is 1. The Hall–Kier alpha value is -3.95. The van der Waals surface area contributed by atoms with Crippen LogP contribution in [0.25, 0.3) is 16.6 Å². The van der Waals surface area contributed by atoms with Crippen molar-refractivity contribution in [3.63, 3.8) is 0 Å². The number of anilines is 1. The summed E-state index contributed by atoms with van der Waals surface area (Å²) < 4.78 is 35.9. The molecule has 1 saturated heterocycles. The maximum Gasteiger partial charge on any atom is 0.339 e. The number of halogens is 3. The zero-order chi connectivity index (χ0) is 28.6. The third kappa shape index (κ3) is 5.92. The van der Waals surface area contributed by atoms with Crippen LogP contribution >= 0.6 is 11.6 Å². The molecule has 0 saturated carbocycles. The predicted octanol–water partition coefficient (Wildman–Crippen LogP) is 6.96. The van der Waals surface area contributed by atoms with E-state index >= 15 is 0 Å². The predicted molar refractivity (Wildman–Crippen MR) is 155 cm³/mol. The average Bonchev–Trinajstić information content (AvgIpc) is 3.43. The van der Waals surface area contributed by atoms with E-state index < -0.39 is 17.8 Å². The molecule has 10 heteroatoms. The number of allylic oxidation sites excluding steroid dienone is 2. The van der Waals surface area contributed by atoms with Gasteiger partial charge in [0.25, 0.3) is 5.92 Å². The molecule has 0 amide bonds. The van der Waals surface area contributed by atoms with E-state index in [-0.39, 0.29) is 17.7 Å². The number of rotatable bonds is 7. The molecule has 0 spiro atoms. The standard InChI is InChI=1S/C31H29ClF2N4O3/c32-24-3-1-20(2-4-24)21-7-9-31(33,34)23(15-21)19-37-11-13-38(14-12-37)25-5-6-27(30(39)40)28(17-25)41-26-16-22-8-10-35-29(22)36-18-26/h1-8,10,16-18,23H,9,11-15,19H2,(H,35,36)(H,39,40). The van der Waals surface area contributed by atoms with Gasteiger partial charge < -0.3 is 19.7 Å². The molecule has 212 valence electrons. The molecule has 1 fully saturated rings. The first kappa shape index (κ1) is 27.2. The number of carboxylic acid groups (broad SMARTS) is 1. The van der Waals surface area contributed by atoms with E-state index in [2.05, 4.69) is 19.8 Å². The Bertz CT molecular complexity index is 1600. The summed E-state index contributed by atoms with van der Waals surface area (Å²) in [6.07, 6.45) is 5.03. The van der Waals surface area contributed by atoms with Gasteiger partial charge in [0.1, 0.15) is 22.7 Å². The van der Waals surface area contributed by atoms with Crippen LogP contribution in [0.1, 0.15) is 28.8 Å². The molecule has 1 aliphatic heterocycles. The second-order valence-corrected chi connectivity index (χ2v) is 11.0.